The Balaban J connectivity index is 2.18. The summed E-state index contributed by atoms with van der Waals surface area (Å²) in [5, 5.41) is 0. The zero-order chi connectivity index (χ0) is 7.40. The standard InChI is InChI=1S/C8H16O/c1-2-5-8-6-3-4-7-9-8/h8H,2-7H2,1H3/i7D. The molecular weight excluding hydrogens is 112 g/mol. The van der Waals surface area contributed by atoms with Crippen LogP contribution in [0.4, 0.5) is 0 Å². The maximum Gasteiger partial charge on any atom is 0.0575 e. The second kappa shape index (κ2) is 3.89. The first-order valence-electron chi connectivity index (χ1n) is 4.48. The third-order valence-electron chi connectivity index (χ3n) is 1.75. The molecule has 1 heterocycles. The second-order valence-corrected chi connectivity index (χ2v) is 2.64. The summed E-state index contributed by atoms with van der Waals surface area (Å²) in [6.45, 7) is 1.93. The van der Waals surface area contributed by atoms with Crippen molar-refractivity contribution in [2.75, 3.05) is 6.58 Å². The van der Waals surface area contributed by atoms with Crippen LogP contribution in [0.1, 0.15) is 40.4 Å². The Morgan fingerprint density at radius 3 is 3.22 bits per heavy atom. The van der Waals surface area contributed by atoms with E-state index in [1.54, 1.807) is 0 Å². The Morgan fingerprint density at radius 2 is 2.56 bits per heavy atom. The molecule has 0 N–H and O–H groups in total. The summed E-state index contributed by atoms with van der Waals surface area (Å²) in [4.78, 5) is 0. The molecule has 0 aromatic heterocycles. The highest BCUT2D eigenvalue weighted by atomic mass is 16.5. The molecule has 2 unspecified atom stereocenters. The minimum atomic E-state index is -0.231. The lowest BCUT2D eigenvalue weighted by Gasteiger charge is -2.21. The molecular formula is C8H16O. The predicted octanol–water partition coefficient (Wildman–Crippen LogP) is 2.36. The first-order valence-corrected chi connectivity index (χ1v) is 3.90. The van der Waals surface area contributed by atoms with Crippen molar-refractivity contribution in [1.82, 2.24) is 0 Å². The van der Waals surface area contributed by atoms with Gasteiger partial charge in [0.05, 0.1) is 7.47 Å². The number of hydrogen-bond acceptors (Lipinski definition) is 1. The van der Waals surface area contributed by atoms with Gasteiger partial charge in [0, 0.05) is 6.58 Å². The zero-order valence-electron chi connectivity index (χ0n) is 7.10. The van der Waals surface area contributed by atoms with Gasteiger partial charge in [0.15, 0.2) is 0 Å². The lowest BCUT2D eigenvalue weighted by Crippen LogP contribution is -2.18. The van der Waals surface area contributed by atoms with E-state index in [2.05, 4.69) is 6.92 Å². The minimum Gasteiger partial charge on any atom is -0.378 e. The summed E-state index contributed by atoms with van der Waals surface area (Å²) >= 11 is 0. The fourth-order valence-corrected chi connectivity index (χ4v) is 1.24. The van der Waals surface area contributed by atoms with Gasteiger partial charge >= 0.3 is 0 Å². The molecule has 1 saturated heterocycles. The molecule has 1 heteroatoms. The van der Waals surface area contributed by atoms with Crippen molar-refractivity contribution in [2.24, 2.45) is 0 Å². The monoisotopic (exact) mass is 129 g/mol. The van der Waals surface area contributed by atoms with Crippen molar-refractivity contribution in [3.05, 3.63) is 0 Å². The van der Waals surface area contributed by atoms with Crippen LogP contribution < -0.4 is 0 Å². The van der Waals surface area contributed by atoms with Crippen molar-refractivity contribution in [3.8, 4) is 0 Å². The van der Waals surface area contributed by atoms with E-state index in [9.17, 15) is 0 Å². The Kier molecular flexibility index (Phi) is 2.47. The van der Waals surface area contributed by atoms with Gasteiger partial charge in [-0.15, -0.1) is 0 Å². The molecule has 0 bridgehead atoms. The van der Waals surface area contributed by atoms with E-state index in [0.717, 1.165) is 12.8 Å². The van der Waals surface area contributed by atoms with Crippen LogP contribution in [0.5, 0.6) is 0 Å². The number of ether oxygens (including phenoxy) is 1. The largest absolute Gasteiger partial charge is 0.378 e. The van der Waals surface area contributed by atoms with Gasteiger partial charge in [-0.05, 0) is 25.7 Å². The normalized spacial score (nSPS) is 38.1. The highest BCUT2D eigenvalue weighted by Gasteiger charge is 2.11. The Labute approximate surface area is 58.8 Å². The van der Waals surface area contributed by atoms with Gasteiger partial charge in [0.25, 0.3) is 0 Å². The van der Waals surface area contributed by atoms with Gasteiger partial charge < -0.3 is 4.74 Å². The van der Waals surface area contributed by atoms with Crippen LogP contribution in [-0.4, -0.2) is 12.7 Å². The van der Waals surface area contributed by atoms with Gasteiger partial charge in [-0.3, -0.25) is 0 Å². The molecule has 0 saturated carbocycles. The summed E-state index contributed by atoms with van der Waals surface area (Å²) in [5.74, 6) is 0. The molecule has 0 aromatic rings. The van der Waals surface area contributed by atoms with Crippen molar-refractivity contribution in [2.45, 2.75) is 45.1 Å². The molecule has 9 heavy (non-hydrogen) atoms. The SMILES string of the molecule is [2H]C1CCCC(CCC)O1. The average molecular weight is 129 g/mol. The molecule has 0 aliphatic carbocycles. The van der Waals surface area contributed by atoms with Gasteiger partial charge in [0.2, 0.25) is 0 Å². The summed E-state index contributed by atoms with van der Waals surface area (Å²) in [5.41, 5.74) is 0. The zero-order valence-corrected chi connectivity index (χ0v) is 6.10. The van der Waals surface area contributed by atoms with Crippen LogP contribution in [0.2, 0.25) is 0 Å². The van der Waals surface area contributed by atoms with Gasteiger partial charge in [-0.2, -0.15) is 0 Å². The molecule has 1 rings (SSSR count). The Bertz CT molecular complexity index is 93.3. The topological polar surface area (TPSA) is 9.23 Å². The van der Waals surface area contributed by atoms with Gasteiger partial charge in [-0.1, -0.05) is 13.3 Å². The van der Waals surface area contributed by atoms with Crippen molar-refractivity contribution >= 4 is 0 Å². The first kappa shape index (κ1) is 5.72. The smallest absolute Gasteiger partial charge is 0.0575 e. The minimum absolute atomic E-state index is 0.231. The highest BCUT2D eigenvalue weighted by molar-refractivity contribution is 4.61. The van der Waals surface area contributed by atoms with Crippen LogP contribution in [0.15, 0.2) is 0 Å². The van der Waals surface area contributed by atoms with Gasteiger partial charge in [0.1, 0.15) is 0 Å². The third kappa shape index (κ3) is 2.35. The van der Waals surface area contributed by atoms with E-state index in [-0.39, 0.29) is 6.58 Å². The van der Waals surface area contributed by atoms with E-state index >= 15 is 0 Å². The molecule has 0 radical (unpaired) electrons. The van der Waals surface area contributed by atoms with Crippen LogP contribution >= 0.6 is 0 Å². The quantitative estimate of drug-likeness (QED) is 0.556. The van der Waals surface area contributed by atoms with Crippen LogP contribution in [0.25, 0.3) is 0 Å². The molecule has 0 aromatic carbocycles. The highest BCUT2D eigenvalue weighted by Crippen LogP contribution is 2.16. The predicted molar refractivity (Wildman–Crippen MR) is 38.5 cm³/mol. The molecule has 1 aliphatic rings. The van der Waals surface area contributed by atoms with E-state index in [1.807, 2.05) is 0 Å². The second-order valence-electron chi connectivity index (χ2n) is 2.64. The third-order valence-corrected chi connectivity index (χ3v) is 1.75. The van der Waals surface area contributed by atoms with Crippen LogP contribution in [-0.2, 0) is 4.74 Å². The molecule has 0 spiro atoms. The number of hydrogen-bond donors (Lipinski definition) is 0. The van der Waals surface area contributed by atoms with Crippen molar-refractivity contribution in [3.63, 3.8) is 0 Å². The van der Waals surface area contributed by atoms with Crippen molar-refractivity contribution in [1.29, 1.82) is 0 Å². The Hall–Kier alpha value is -0.0400. The molecule has 0 amide bonds. The molecule has 1 aliphatic heterocycles. The van der Waals surface area contributed by atoms with Gasteiger partial charge in [-0.25, -0.2) is 0 Å². The summed E-state index contributed by atoms with van der Waals surface area (Å²) in [6.07, 6.45) is 5.98. The maximum atomic E-state index is 7.36. The van der Waals surface area contributed by atoms with Crippen LogP contribution in [0, 0.1) is 0 Å². The fourth-order valence-electron chi connectivity index (χ4n) is 1.24. The summed E-state index contributed by atoms with van der Waals surface area (Å²) < 4.78 is 12.8. The maximum absolute atomic E-state index is 7.36. The average Bonchev–Trinajstić information content (AvgIpc) is 1.88. The Morgan fingerprint density at radius 1 is 1.67 bits per heavy atom. The molecule has 54 valence electrons. The fraction of sp³-hybridized carbons (Fsp3) is 1.00. The molecule has 1 fully saturated rings. The van der Waals surface area contributed by atoms with Crippen molar-refractivity contribution < 1.29 is 6.11 Å². The lowest BCUT2D eigenvalue weighted by molar-refractivity contribution is 0.0109. The lowest BCUT2D eigenvalue weighted by atomic mass is 10.1. The van der Waals surface area contributed by atoms with Crippen LogP contribution in [0.3, 0.4) is 0 Å². The summed E-state index contributed by atoms with van der Waals surface area (Å²) in [7, 11) is 0. The summed E-state index contributed by atoms with van der Waals surface area (Å²) in [6, 6.07) is 0. The van der Waals surface area contributed by atoms with E-state index in [0.29, 0.717) is 6.10 Å². The molecule has 1 nitrogen and oxygen atoms in total. The molecule has 2 atom stereocenters. The van der Waals surface area contributed by atoms with E-state index in [1.165, 1.54) is 19.3 Å². The van der Waals surface area contributed by atoms with E-state index in [4.69, 9.17) is 6.11 Å². The van der Waals surface area contributed by atoms with E-state index < -0.39 is 0 Å². The first-order chi connectivity index (χ1) is 4.83. The number of rotatable bonds is 2.